The number of anilines is 1. The number of benzene rings is 1. The minimum absolute atomic E-state index is 0. The highest BCUT2D eigenvalue weighted by molar-refractivity contribution is 5.94. The number of hydrogen-bond acceptors (Lipinski definition) is 5. The van der Waals surface area contributed by atoms with Crippen LogP contribution in [-0.4, -0.2) is 34.3 Å². The SMILES string of the molecule is CCOC(=O)c1ccn(-c2ccccc2NC(=O)C2CC3CCCC(C2)C3N)n1.Cl. The standard InChI is InChI=1S/C22H28N4O3.ClH/c1-2-29-22(28)18-10-11-26(25-18)19-9-4-3-8-17(19)24-21(27)16-12-14-6-5-7-15(13-16)20(14)23;/h3-4,8-11,14-16,20H,2,5-7,12-13,23H2,1H3,(H,24,27);1H. The molecule has 1 aromatic carbocycles. The molecule has 8 heteroatoms. The van der Waals surface area contributed by atoms with Gasteiger partial charge in [0.1, 0.15) is 0 Å². The molecule has 4 rings (SSSR count). The highest BCUT2D eigenvalue weighted by Gasteiger charge is 2.40. The van der Waals surface area contributed by atoms with Crippen molar-refractivity contribution in [3.05, 3.63) is 42.2 Å². The van der Waals surface area contributed by atoms with Crippen molar-refractivity contribution in [1.29, 1.82) is 0 Å². The maximum Gasteiger partial charge on any atom is 0.358 e. The molecule has 1 aromatic heterocycles. The molecule has 2 unspecified atom stereocenters. The monoisotopic (exact) mass is 432 g/mol. The molecule has 3 N–H and O–H groups in total. The Hall–Kier alpha value is -2.38. The first-order valence-electron chi connectivity index (χ1n) is 10.5. The van der Waals surface area contributed by atoms with Gasteiger partial charge in [-0.2, -0.15) is 5.10 Å². The summed E-state index contributed by atoms with van der Waals surface area (Å²) in [5.74, 6) is 0.473. The zero-order chi connectivity index (χ0) is 20.4. The molecule has 30 heavy (non-hydrogen) atoms. The van der Waals surface area contributed by atoms with E-state index in [-0.39, 0.29) is 36.0 Å². The number of halogens is 1. The molecule has 2 bridgehead atoms. The molecule has 1 heterocycles. The van der Waals surface area contributed by atoms with Crippen LogP contribution in [0.2, 0.25) is 0 Å². The third-order valence-corrected chi connectivity index (χ3v) is 6.27. The Kier molecular flexibility index (Phi) is 7.15. The van der Waals surface area contributed by atoms with Gasteiger partial charge < -0.3 is 15.8 Å². The summed E-state index contributed by atoms with van der Waals surface area (Å²) in [7, 11) is 0. The first kappa shape index (κ1) is 22.3. The molecule has 2 saturated carbocycles. The molecule has 0 radical (unpaired) electrons. The Morgan fingerprint density at radius 2 is 1.90 bits per heavy atom. The molecule has 7 nitrogen and oxygen atoms in total. The molecular weight excluding hydrogens is 404 g/mol. The summed E-state index contributed by atoms with van der Waals surface area (Å²) in [6.45, 7) is 2.05. The Bertz CT molecular complexity index is 886. The van der Waals surface area contributed by atoms with E-state index in [1.54, 1.807) is 23.9 Å². The normalized spacial score (nSPS) is 25.1. The molecule has 2 aliphatic carbocycles. The van der Waals surface area contributed by atoms with Crippen LogP contribution >= 0.6 is 12.4 Å². The summed E-state index contributed by atoms with van der Waals surface area (Å²) in [5, 5.41) is 7.40. The Morgan fingerprint density at radius 3 is 2.60 bits per heavy atom. The number of hydrogen-bond donors (Lipinski definition) is 2. The molecule has 2 fully saturated rings. The second kappa shape index (κ2) is 9.62. The molecule has 1 amide bonds. The van der Waals surface area contributed by atoms with Crippen LogP contribution < -0.4 is 11.1 Å². The van der Waals surface area contributed by atoms with Gasteiger partial charge >= 0.3 is 5.97 Å². The van der Waals surface area contributed by atoms with Crippen LogP contribution in [0.25, 0.3) is 5.69 Å². The quantitative estimate of drug-likeness (QED) is 0.703. The van der Waals surface area contributed by atoms with Gasteiger partial charge in [-0.3, -0.25) is 4.79 Å². The van der Waals surface area contributed by atoms with Crippen molar-refractivity contribution in [2.24, 2.45) is 23.5 Å². The van der Waals surface area contributed by atoms with Gasteiger partial charge in [0.25, 0.3) is 0 Å². The zero-order valence-electron chi connectivity index (χ0n) is 17.1. The topological polar surface area (TPSA) is 99.2 Å². The molecule has 2 aliphatic rings. The first-order valence-corrected chi connectivity index (χ1v) is 10.5. The fourth-order valence-electron chi connectivity index (χ4n) is 4.79. The molecule has 0 saturated heterocycles. The summed E-state index contributed by atoms with van der Waals surface area (Å²) >= 11 is 0. The van der Waals surface area contributed by atoms with E-state index in [9.17, 15) is 9.59 Å². The minimum atomic E-state index is -0.460. The number of nitrogens with one attached hydrogen (secondary N) is 1. The van der Waals surface area contributed by atoms with Crippen molar-refractivity contribution in [2.45, 2.75) is 45.1 Å². The van der Waals surface area contributed by atoms with Crippen LogP contribution in [0.15, 0.2) is 36.5 Å². The number of nitrogens with two attached hydrogens (primary N) is 1. The van der Waals surface area contributed by atoms with E-state index in [4.69, 9.17) is 10.5 Å². The maximum atomic E-state index is 13.0. The van der Waals surface area contributed by atoms with Crippen LogP contribution in [-0.2, 0) is 9.53 Å². The van der Waals surface area contributed by atoms with Crippen molar-refractivity contribution in [3.8, 4) is 5.69 Å². The van der Waals surface area contributed by atoms with E-state index in [0.717, 1.165) is 25.7 Å². The summed E-state index contributed by atoms with van der Waals surface area (Å²) in [6, 6.07) is 9.32. The Balaban J connectivity index is 0.00000256. The van der Waals surface area contributed by atoms with E-state index in [1.165, 1.54) is 6.42 Å². The van der Waals surface area contributed by atoms with E-state index in [0.29, 0.717) is 29.8 Å². The molecule has 0 spiro atoms. The fourth-order valence-corrected chi connectivity index (χ4v) is 4.79. The number of amides is 1. The Labute approximate surface area is 182 Å². The van der Waals surface area contributed by atoms with Gasteiger partial charge in [-0.15, -0.1) is 12.4 Å². The summed E-state index contributed by atoms with van der Waals surface area (Å²) in [6.07, 6.45) is 6.90. The minimum Gasteiger partial charge on any atom is -0.461 e. The van der Waals surface area contributed by atoms with E-state index < -0.39 is 5.97 Å². The number of para-hydroxylation sites is 2. The number of rotatable bonds is 5. The average molecular weight is 433 g/mol. The second-order valence-corrected chi connectivity index (χ2v) is 8.07. The lowest BCUT2D eigenvalue weighted by atomic mass is 9.65. The van der Waals surface area contributed by atoms with Gasteiger partial charge in [0, 0.05) is 18.2 Å². The van der Waals surface area contributed by atoms with Gasteiger partial charge in [0.05, 0.1) is 18.0 Å². The third kappa shape index (κ3) is 4.52. The number of carbonyl (C=O) groups excluding carboxylic acids is 2. The van der Waals surface area contributed by atoms with Crippen LogP contribution in [0.5, 0.6) is 0 Å². The molecule has 2 atom stereocenters. The van der Waals surface area contributed by atoms with Gasteiger partial charge in [-0.1, -0.05) is 18.6 Å². The number of nitrogens with zero attached hydrogens (tertiary/aromatic N) is 2. The van der Waals surface area contributed by atoms with Crippen molar-refractivity contribution >= 4 is 30.0 Å². The van der Waals surface area contributed by atoms with Crippen molar-refractivity contribution < 1.29 is 14.3 Å². The predicted octanol–water partition coefficient (Wildman–Crippen LogP) is 3.56. The average Bonchev–Trinajstić information content (AvgIpc) is 3.18. The zero-order valence-corrected chi connectivity index (χ0v) is 17.9. The number of aromatic nitrogens is 2. The Morgan fingerprint density at radius 1 is 1.20 bits per heavy atom. The molecular formula is C22H29ClN4O3. The van der Waals surface area contributed by atoms with Crippen molar-refractivity contribution in [1.82, 2.24) is 9.78 Å². The van der Waals surface area contributed by atoms with Gasteiger partial charge in [-0.05, 0) is 62.6 Å². The van der Waals surface area contributed by atoms with Crippen LogP contribution in [0, 0.1) is 17.8 Å². The summed E-state index contributed by atoms with van der Waals surface area (Å²) in [5.41, 5.74) is 7.99. The fraction of sp³-hybridized carbons (Fsp3) is 0.500. The number of esters is 1. The third-order valence-electron chi connectivity index (χ3n) is 6.27. The highest BCUT2D eigenvalue weighted by atomic mass is 35.5. The van der Waals surface area contributed by atoms with E-state index >= 15 is 0 Å². The number of ether oxygens (including phenoxy) is 1. The van der Waals surface area contributed by atoms with Crippen LogP contribution in [0.4, 0.5) is 5.69 Å². The smallest absolute Gasteiger partial charge is 0.358 e. The number of carbonyl (C=O) groups is 2. The molecule has 2 aromatic rings. The molecule has 0 aliphatic heterocycles. The van der Waals surface area contributed by atoms with E-state index in [1.807, 2.05) is 24.3 Å². The lowest BCUT2D eigenvalue weighted by Crippen LogP contribution is -2.48. The van der Waals surface area contributed by atoms with Gasteiger partial charge in [0.15, 0.2) is 5.69 Å². The number of fused-ring (bicyclic) bond motifs is 2. The van der Waals surface area contributed by atoms with Crippen LogP contribution in [0.1, 0.15) is 49.5 Å². The lowest BCUT2D eigenvalue weighted by Gasteiger charge is -2.43. The van der Waals surface area contributed by atoms with Crippen LogP contribution in [0.3, 0.4) is 0 Å². The van der Waals surface area contributed by atoms with Crippen molar-refractivity contribution in [3.63, 3.8) is 0 Å². The summed E-state index contributed by atoms with van der Waals surface area (Å²) < 4.78 is 6.59. The predicted molar refractivity (Wildman–Crippen MR) is 117 cm³/mol. The lowest BCUT2D eigenvalue weighted by molar-refractivity contribution is -0.122. The van der Waals surface area contributed by atoms with Gasteiger partial charge in [0.2, 0.25) is 5.91 Å². The van der Waals surface area contributed by atoms with Crippen molar-refractivity contribution in [2.75, 3.05) is 11.9 Å². The second-order valence-electron chi connectivity index (χ2n) is 8.07. The maximum absolute atomic E-state index is 13.0. The summed E-state index contributed by atoms with van der Waals surface area (Å²) in [4.78, 5) is 24.9. The first-order chi connectivity index (χ1) is 14.1. The largest absolute Gasteiger partial charge is 0.461 e. The van der Waals surface area contributed by atoms with Gasteiger partial charge in [-0.25, -0.2) is 9.48 Å². The highest BCUT2D eigenvalue weighted by Crippen LogP contribution is 2.42. The van der Waals surface area contributed by atoms with E-state index in [2.05, 4.69) is 10.4 Å². The molecule has 162 valence electrons.